The maximum absolute atomic E-state index is 10.3. The molecule has 0 bridgehead atoms. The van der Waals surface area contributed by atoms with Gasteiger partial charge in [-0.25, -0.2) is 4.21 Å². The summed E-state index contributed by atoms with van der Waals surface area (Å²) in [7, 11) is 0. The Morgan fingerprint density at radius 3 is 2.00 bits per heavy atom. The van der Waals surface area contributed by atoms with E-state index >= 15 is 0 Å². The van der Waals surface area contributed by atoms with Gasteiger partial charge in [0.15, 0.2) is 11.1 Å². The molecule has 0 saturated carbocycles. The fourth-order valence-corrected chi connectivity index (χ4v) is 0.927. The molecular weight excluding hydrogens is 159 g/mol. The van der Waals surface area contributed by atoms with Crippen LogP contribution < -0.4 is 0 Å². The molecule has 0 saturated heterocycles. The summed E-state index contributed by atoms with van der Waals surface area (Å²) in [6.45, 7) is 0. The Kier molecular flexibility index (Phi) is 5.21. The van der Waals surface area contributed by atoms with Gasteiger partial charge in [0.2, 0.25) is 0 Å². The number of hydrogen-bond donors (Lipinski definition) is 1. The molecule has 1 atom stereocenters. The molecule has 1 aromatic carbocycles. The van der Waals surface area contributed by atoms with Gasteiger partial charge in [0, 0.05) is 0 Å². The SMILES string of the molecule is O=S(O)c1ccccc1.[NaH]. The van der Waals surface area contributed by atoms with Crippen molar-refractivity contribution in [2.75, 3.05) is 0 Å². The Bertz CT molecular complexity index is 212. The second-order valence-corrected chi connectivity index (χ2v) is 2.53. The molecule has 0 aliphatic rings. The molecule has 4 heteroatoms. The monoisotopic (exact) mass is 166 g/mol. The Balaban J connectivity index is 0.000000810. The number of hydrogen-bond acceptors (Lipinski definition) is 1. The van der Waals surface area contributed by atoms with Gasteiger partial charge in [-0.1, -0.05) is 18.2 Å². The Morgan fingerprint density at radius 2 is 1.70 bits per heavy atom. The van der Waals surface area contributed by atoms with E-state index in [1.165, 1.54) is 0 Å². The van der Waals surface area contributed by atoms with Crippen molar-refractivity contribution in [1.29, 1.82) is 0 Å². The molecule has 0 radical (unpaired) electrons. The molecule has 0 fully saturated rings. The van der Waals surface area contributed by atoms with E-state index in [0.29, 0.717) is 4.90 Å². The van der Waals surface area contributed by atoms with Crippen molar-refractivity contribution in [1.82, 2.24) is 0 Å². The summed E-state index contributed by atoms with van der Waals surface area (Å²) in [5.41, 5.74) is 0. The van der Waals surface area contributed by atoms with Gasteiger partial charge in [-0.05, 0) is 12.1 Å². The molecule has 0 amide bonds. The summed E-state index contributed by atoms with van der Waals surface area (Å²) in [6, 6.07) is 8.47. The van der Waals surface area contributed by atoms with Gasteiger partial charge in [0.05, 0.1) is 4.90 Å². The van der Waals surface area contributed by atoms with E-state index in [0.717, 1.165) is 0 Å². The van der Waals surface area contributed by atoms with Gasteiger partial charge in [-0.3, -0.25) is 0 Å². The minimum atomic E-state index is -1.83. The van der Waals surface area contributed by atoms with Crippen molar-refractivity contribution < 1.29 is 8.76 Å². The fourth-order valence-electron chi connectivity index (χ4n) is 0.537. The van der Waals surface area contributed by atoms with E-state index < -0.39 is 11.1 Å². The molecule has 0 aliphatic heterocycles. The van der Waals surface area contributed by atoms with Crippen molar-refractivity contribution in [3.8, 4) is 0 Å². The van der Waals surface area contributed by atoms with Crippen LogP contribution in [0.5, 0.6) is 0 Å². The average Bonchev–Trinajstić information content (AvgIpc) is 1.90. The zero-order valence-corrected chi connectivity index (χ0v) is 5.47. The van der Waals surface area contributed by atoms with Crippen LogP contribution in [-0.4, -0.2) is 38.3 Å². The average molecular weight is 166 g/mol. The predicted octanol–water partition coefficient (Wildman–Crippen LogP) is 0.619. The van der Waals surface area contributed by atoms with Crippen molar-refractivity contribution in [2.45, 2.75) is 4.90 Å². The van der Waals surface area contributed by atoms with Crippen molar-refractivity contribution >= 4 is 40.6 Å². The van der Waals surface area contributed by atoms with Crippen LogP contribution >= 0.6 is 0 Å². The Morgan fingerprint density at radius 1 is 1.20 bits per heavy atom. The summed E-state index contributed by atoms with van der Waals surface area (Å²) >= 11 is -1.83. The second kappa shape index (κ2) is 5.04. The van der Waals surface area contributed by atoms with Crippen LogP contribution in [0.4, 0.5) is 0 Å². The molecule has 1 unspecified atom stereocenters. The van der Waals surface area contributed by atoms with Gasteiger partial charge in [-0.15, -0.1) is 0 Å². The zero-order chi connectivity index (χ0) is 6.69. The molecule has 0 aliphatic carbocycles. The summed E-state index contributed by atoms with van der Waals surface area (Å²) in [5.74, 6) is 0. The second-order valence-electron chi connectivity index (χ2n) is 1.56. The number of benzene rings is 1. The molecule has 0 spiro atoms. The summed E-state index contributed by atoms with van der Waals surface area (Å²) in [5, 5.41) is 0. The molecule has 2 nitrogen and oxygen atoms in total. The summed E-state index contributed by atoms with van der Waals surface area (Å²) < 4.78 is 18.8. The van der Waals surface area contributed by atoms with Gasteiger partial charge in [0.1, 0.15) is 0 Å². The first-order chi connectivity index (χ1) is 4.30. The molecule has 0 heterocycles. The van der Waals surface area contributed by atoms with Crippen LogP contribution in [0, 0.1) is 0 Å². The van der Waals surface area contributed by atoms with Crippen LogP contribution in [0.1, 0.15) is 0 Å². The Labute approximate surface area is 84.2 Å². The third-order valence-electron chi connectivity index (χ3n) is 0.945. The summed E-state index contributed by atoms with van der Waals surface area (Å²) in [4.78, 5) is 0.442. The van der Waals surface area contributed by atoms with Gasteiger partial charge in [-0.2, -0.15) is 0 Å². The van der Waals surface area contributed by atoms with Crippen molar-refractivity contribution in [2.24, 2.45) is 0 Å². The standard InChI is InChI=1S/C6H6O2S.Na.H/c7-9(8)6-4-2-1-3-5-6;;/h1-5H,(H,7,8);;. The minimum absolute atomic E-state index is 0. The molecule has 1 aromatic rings. The predicted molar refractivity (Wildman–Crippen MR) is 42.6 cm³/mol. The van der Waals surface area contributed by atoms with Gasteiger partial charge < -0.3 is 4.55 Å². The third-order valence-corrected chi connectivity index (χ3v) is 1.62. The van der Waals surface area contributed by atoms with Crippen molar-refractivity contribution in [3.63, 3.8) is 0 Å². The van der Waals surface area contributed by atoms with E-state index in [1.54, 1.807) is 30.3 Å². The quantitative estimate of drug-likeness (QED) is 0.490. The summed E-state index contributed by atoms with van der Waals surface area (Å²) in [6.07, 6.45) is 0. The molecule has 50 valence electrons. The molecule has 1 rings (SSSR count). The van der Waals surface area contributed by atoms with E-state index in [2.05, 4.69) is 0 Å². The molecule has 1 N–H and O–H groups in total. The normalized spacial score (nSPS) is 11.7. The number of rotatable bonds is 1. The van der Waals surface area contributed by atoms with E-state index in [1.807, 2.05) is 0 Å². The van der Waals surface area contributed by atoms with Crippen LogP contribution in [-0.2, 0) is 11.1 Å². The van der Waals surface area contributed by atoms with Crippen LogP contribution in [0.25, 0.3) is 0 Å². The van der Waals surface area contributed by atoms with Crippen LogP contribution in [0.15, 0.2) is 35.2 Å². The topological polar surface area (TPSA) is 37.3 Å². The maximum atomic E-state index is 10.3. The van der Waals surface area contributed by atoms with Crippen molar-refractivity contribution in [3.05, 3.63) is 30.3 Å². The van der Waals surface area contributed by atoms with Gasteiger partial charge >= 0.3 is 29.6 Å². The first kappa shape index (κ1) is 10.3. The van der Waals surface area contributed by atoms with E-state index in [9.17, 15) is 4.21 Å². The first-order valence-electron chi connectivity index (χ1n) is 2.46. The Hall–Kier alpha value is 0.330. The molecular formula is C6H7NaO2S. The zero-order valence-electron chi connectivity index (χ0n) is 4.65. The van der Waals surface area contributed by atoms with E-state index in [4.69, 9.17) is 4.55 Å². The molecule has 0 aromatic heterocycles. The molecule has 10 heavy (non-hydrogen) atoms. The fraction of sp³-hybridized carbons (Fsp3) is 0. The first-order valence-corrected chi connectivity index (χ1v) is 3.57. The van der Waals surface area contributed by atoms with E-state index in [-0.39, 0.29) is 29.6 Å². The van der Waals surface area contributed by atoms with Gasteiger partial charge in [0.25, 0.3) is 0 Å². The third kappa shape index (κ3) is 2.94. The van der Waals surface area contributed by atoms with Crippen LogP contribution in [0.2, 0.25) is 0 Å². The van der Waals surface area contributed by atoms with Crippen LogP contribution in [0.3, 0.4) is 0 Å².